The predicted molar refractivity (Wildman–Crippen MR) is 102 cm³/mol. The second-order valence-electron chi connectivity index (χ2n) is 6.91. The van der Waals surface area contributed by atoms with E-state index in [0.717, 1.165) is 62.8 Å². The number of rotatable bonds is 6. The predicted octanol–water partition coefficient (Wildman–Crippen LogP) is 3.12. The minimum Gasteiger partial charge on any atom is -0.378 e. The monoisotopic (exact) mass is 421 g/mol. The first-order chi connectivity index (χ1) is 10.3. The highest BCUT2D eigenvalue weighted by molar-refractivity contribution is 14.0. The molecule has 0 atom stereocenters. The Morgan fingerprint density at radius 3 is 2.18 bits per heavy atom. The van der Waals surface area contributed by atoms with Crippen LogP contribution < -0.4 is 5.32 Å². The second kappa shape index (κ2) is 8.71. The summed E-state index contributed by atoms with van der Waals surface area (Å²) in [5.74, 6) is 4.03. The van der Waals surface area contributed by atoms with Gasteiger partial charge in [-0.25, -0.2) is 0 Å². The summed E-state index contributed by atoms with van der Waals surface area (Å²) in [4.78, 5) is 6.91. The number of nitrogens with one attached hydrogen (secondary N) is 1. The van der Waals surface area contributed by atoms with Gasteiger partial charge in [0, 0.05) is 33.3 Å². The molecule has 0 aromatic heterocycles. The molecule has 1 aliphatic heterocycles. The highest BCUT2D eigenvalue weighted by Crippen LogP contribution is 2.48. The van der Waals surface area contributed by atoms with Crippen LogP contribution in [0.4, 0.5) is 0 Å². The topological polar surface area (TPSA) is 36.9 Å². The van der Waals surface area contributed by atoms with Crippen molar-refractivity contribution in [3.8, 4) is 0 Å². The molecule has 0 aromatic carbocycles. The molecule has 3 aliphatic rings. The van der Waals surface area contributed by atoms with E-state index >= 15 is 0 Å². The van der Waals surface area contributed by atoms with Crippen molar-refractivity contribution in [1.82, 2.24) is 10.2 Å². The quantitative estimate of drug-likeness (QED) is 0.407. The molecule has 0 unspecified atom stereocenters. The summed E-state index contributed by atoms with van der Waals surface area (Å²) in [5, 5.41) is 3.66. The highest BCUT2D eigenvalue weighted by atomic mass is 127. The van der Waals surface area contributed by atoms with Crippen LogP contribution in [0.2, 0.25) is 0 Å². The molecule has 0 spiro atoms. The summed E-state index contributed by atoms with van der Waals surface area (Å²) in [6, 6.07) is 0. The molecule has 2 saturated carbocycles. The van der Waals surface area contributed by atoms with Gasteiger partial charge < -0.3 is 15.0 Å². The van der Waals surface area contributed by atoms with Crippen LogP contribution in [0, 0.1) is 17.8 Å². The number of piperidine rings is 1. The minimum atomic E-state index is 0. The number of hydrogen-bond acceptors (Lipinski definition) is 2. The van der Waals surface area contributed by atoms with Gasteiger partial charge in [-0.2, -0.15) is 0 Å². The van der Waals surface area contributed by atoms with E-state index < -0.39 is 0 Å². The van der Waals surface area contributed by atoms with Gasteiger partial charge in [0.1, 0.15) is 0 Å². The number of likely N-dealkylation sites (tertiary alicyclic amines) is 1. The maximum absolute atomic E-state index is 5.74. The smallest absolute Gasteiger partial charge is 0.193 e. The van der Waals surface area contributed by atoms with Crippen molar-refractivity contribution in [1.29, 1.82) is 0 Å². The van der Waals surface area contributed by atoms with Gasteiger partial charge in [-0.1, -0.05) is 0 Å². The fourth-order valence-corrected chi connectivity index (χ4v) is 3.78. The van der Waals surface area contributed by atoms with Crippen molar-refractivity contribution in [2.75, 3.05) is 33.3 Å². The Hall–Kier alpha value is -0.0400. The standard InChI is InChI=1S/C17H31N3O.HI/c1-3-21-15-8-10-20(11-9-15)17(18-2)19-12-16(13-4-5-13)14-6-7-14;/h13-16H,3-12H2,1-2H3,(H,18,19);1H. The van der Waals surface area contributed by atoms with Crippen LogP contribution in [0.3, 0.4) is 0 Å². The third kappa shape index (κ3) is 4.98. The largest absolute Gasteiger partial charge is 0.378 e. The van der Waals surface area contributed by atoms with Crippen LogP contribution in [0.5, 0.6) is 0 Å². The van der Waals surface area contributed by atoms with Crippen LogP contribution in [-0.4, -0.2) is 50.3 Å². The zero-order chi connectivity index (χ0) is 14.7. The van der Waals surface area contributed by atoms with Crippen LogP contribution in [0.15, 0.2) is 4.99 Å². The molecule has 1 N–H and O–H groups in total. The van der Waals surface area contributed by atoms with Gasteiger partial charge >= 0.3 is 0 Å². The zero-order valence-electron chi connectivity index (χ0n) is 14.1. The molecule has 0 aromatic rings. The van der Waals surface area contributed by atoms with Crippen LogP contribution in [0.25, 0.3) is 0 Å². The van der Waals surface area contributed by atoms with Crippen molar-refractivity contribution in [2.24, 2.45) is 22.7 Å². The second-order valence-corrected chi connectivity index (χ2v) is 6.91. The van der Waals surface area contributed by atoms with Crippen LogP contribution in [0.1, 0.15) is 45.4 Å². The fourth-order valence-electron chi connectivity index (χ4n) is 3.78. The van der Waals surface area contributed by atoms with E-state index in [9.17, 15) is 0 Å². The molecule has 22 heavy (non-hydrogen) atoms. The van der Waals surface area contributed by atoms with Crippen molar-refractivity contribution in [3.63, 3.8) is 0 Å². The first-order valence-corrected chi connectivity index (χ1v) is 8.89. The summed E-state index contributed by atoms with van der Waals surface area (Å²) < 4.78 is 5.74. The van der Waals surface area contributed by atoms with Crippen LogP contribution in [-0.2, 0) is 4.74 Å². The van der Waals surface area contributed by atoms with Crippen molar-refractivity contribution in [3.05, 3.63) is 0 Å². The Labute approximate surface area is 152 Å². The number of aliphatic imine (C=N–C) groups is 1. The summed E-state index contributed by atoms with van der Waals surface area (Å²) in [6.07, 6.45) is 8.55. The molecule has 3 rings (SSSR count). The molecule has 0 radical (unpaired) electrons. The lowest BCUT2D eigenvalue weighted by molar-refractivity contribution is 0.0263. The molecule has 5 heteroatoms. The van der Waals surface area contributed by atoms with E-state index in [1.807, 2.05) is 7.05 Å². The number of nitrogens with zero attached hydrogens (tertiary/aromatic N) is 2. The number of hydrogen-bond donors (Lipinski definition) is 1. The van der Waals surface area contributed by atoms with E-state index in [-0.39, 0.29) is 24.0 Å². The summed E-state index contributed by atoms with van der Waals surface area (Å²) in [5.41, 5.74) is 0. The summed E-state index contributed by atoms with van der Waals surface area (Å²) >= 11 is 0. The third-order valence-corrected chi connectivity index (χ3v) is 5.31. The Balaban J connectivity index is 0.00000176. The Morgan fingerprint density at radius 1 is 1.14 bits per heavy atom. The van der Waals surface area contributed by atoms with Crippen molar-refractivity contribution < 1.29 is 4.74 Å². The highest BCUT2D eigenvalue weighted by Gasteiger charge is 2.41. The molecule has 0 amide bonds. The molecular formula is C17H32IN3O. The molecule has 128 valence electrons. The van der Waals surface area contributed by atoms with Gasteiger partial charge in [0.05, 0.1) is 6.10 Å². The van der Waals surface area contributed by atoms with E-state index in [0.29, 0.717) is 6.10 Å². The summed E-state index contributed by atoms with van der Waals surface area (Å²) in [7, 11) is 1.92. The number of guanidine groups is 1. The van der Waals surface area contributed by atoms with Gasteiger partial charge in [-0.3, -0.25) is 4.99 Å². The molecule has 1 saturated heterocycles. The van der Waals surface area contributed by atoms with Gasteiger partial charge in [0.15, 0.2) is 5.96 Å². The van der Waals surface area contributed by atoms with Crippen LogP contribution >= 0.6 is 24.0 Å². The molecule has 2 aliphatic carbocycles. The average molecular weight is 421 g/mol. The fraction of sp³-hybridized carbons (Fsp3) is 0.941. The molecule has 4 nitrogen and oxygen atoms in total. The first-order valence-electron chi connectivity index (χ1n) is 8.89. The normalized spacial score (nSPS) is 23.6. The van der Waals surface area contributed by atoms with E-state index in [2.05, 4.69) is 22.1 Å². The minimum absolute atomic E-state index is 0. The van der Waals surface area contributed by atoms with E-state index in [1.54, 1.807) is 0 Å². The number of ether oxygens (including phenoxy) is 1. The molecule has 0 bridgehead atoms. The summed E-state index contributed by atoms with van der Waals surface area (Å²) in [6.45, 7) is 6.20. The third-order valence-electron chi connectivity index (χ3n) is 5.31. The molecule has 1 heterocycles. The first kappa shape index (κ1) is 18.3. The van der Waals surface area contributed by atoms with Gasteiger partial charge in [-0.05, 0) is 63.2 Å². The lowest BCUT2D eigenvalue weighted by Crippen LogP contribution is -2.48. The molecule has 3 fully saturated rings. The van der Waals surface area contributed by atoms with Gasteiger partial charge in [0.25, 0.3) is 0 Å². The Kier molecular flexibility index (Phi) is 7.25. The SMILES string of the molecule is CCOC1CCN(C(=NC)NCC(C2CC2)C2CC2)CC1.I. The Bertz CT molecular complexity index is 349. The maximum atomic E-state index is 5.74. The number of halogens is 1. The molecular weight excluding hydrogens is 389 g/mol. The van der Waals surface area contributed by atoms with Crippen molar-refractivity contribution in [2.45, 2.75) is 51.6 Å². The Morgan fingerprint density at radius 2 is 1.73 bits per heavy atom. The van der Waals surface area contributed by atoms with E-state index in [1.165, 1.54) is 25.7 Å². The zero-order valence-corrected chi connectivity index (χ0v) is 16.4. The lowest BCUT2D eigenvalue weighted by atomic mass is 9.98. The van der Waals surface area contributed by atoms with Gasteiger partial charge in [-0.15, -0.1) is 24.0 Å². The maximum Gasteiger partial charge on any atom is 0.193 e. The van der Waals surface area contributed by atoms with E-state index in [4.69, 9.17) is 4.74 Å². The van der Waals surface area contributed by atoms with Crippen molar-refractivity contribution >= 4 is 29.9 Å². The van der Waals surface area contributed by atoms with Gasteiger partial charge in [0.2, 0.25) is 0 Å². The lowest BCUT2D eigenvalue weighted by Gasteiger charge is -2.34. The average Bonchev–Trinajstić information content (AvgIpc) is 3.39.